The van der Waals surface area contributed by atoms with Crippen LogP contribution in [0, 0.1) is 0 Å². The molecule has 0 saturated heterocycles. The molecular formula is C10H8BrClS. The molecule has 0 aliphatic rings. The number of hydrogen-bond acceptors (Lipinski definition) is 1. The van der Waals surface area contributed by atoms with Gasteiger partial charge in [-0.2, -0.15) is 0 Å². The van der Waals surface area contributed by atoms with E-state index in [1.165, 1.54) is 15.6 Å². The number of halogens is 2. The summed E-state index contributed by atoms with van der Waals surface area (Å²) in [5.74, 6) is 0. The van der Waals surface area contributed by atoms with E-state index in [1.54, 1.807) is 11.3 Å². The van der Waals surface area contributed by atoms with Gasteiger partial charge in [0.05, 0.1) is 0 Å². The average Bonchev–Trinajstić information content (AvgIpc) is 2.46. The number of benzene rings is 1. The van der Waals surface area contributed by atoms with Crippen LogP contribution >= 0.6 is 38.9 Å². The first-order chi connectivity index (χ1) is 6.18. The van der Waals surface area contributed by atoms with Crippen molar-refractivity contribution in [1.29, 1.82) is 0 Å². The van der Waals surface area contributed by atoms with Crippen molar-refractivity contribution in [1.82, 2.24) is 0 Å². The molecule has 3 heteroatoms. The molecule has 1 unspecified atom stereocenters. The predicted molar refractivity (Wildman–Crippen MR) is 64.2 cm³/mol. The van der Waals surface area contributed by atoms with E-state index in [0.29, 0.717) is 4.83 Å². The van der Waals surface area contributed by atoms with E-state index in [-0.39, 0.29) is 0 Å². The van der Waals surface area contributed by atoms with Crippen LogP contribution in [0.3, 0.4) is 0 Å². The largest absolute Gasteiger partial charge is 0.143 e. The summed E-state index contributed by atoms with van der Waals surface area (Å²) in [4.78, 5) is 0.389. The Morgan fingerprint density at radius 3 is 2.92 bits per heavy atom. The van der Waals surface area contributed by atoms with Gasteiger partial charge in [-0.05, 0) is 41.5 Å². The third kappa shape index (κ3) is 1.76. The summed E-state index contributed by atoms with van der Waals surface area (Å²) < 4.78 is 1.30. The lowest BCUT2D eigenvalue weighted by Crippen LogP contribution is -1.79. The molecule has 0 nitrogen and oxygen atoms in total. The number of thiophene rings is 1. The third-order valence-corrected chi connectivity index (χ3v) is 3.70. The first kappa shape index (κ1) is 9.50. The number of alkyl halides is 1. The Balaban J connectivity index is 2.71. The molecule has 2 aromatic rings. The van der Waals surface area contributed by atoms with E-state index >= 15 is 0 Å². The van der Waals surface area contributed by atoms with Gasteiger partial charge < -0.3 is 0 Å². The molecule has 0 bridgehead atoms. The van der Waals surface area contributed by atoms with Crippen LogP contribution in [0.25, 0.3) is 10.1 Å². The molecule has 13 heavy (non-hydrogen) atoms. The lowest BCUT2D eigenvalue weighted by atomic mass is 10.1. The van der Waals surface area contributed by atoms with Crippen molar-refractivity contribution < 1.29 is 0 Å². The van der Waals surface area contributed by atoms with Gasteiger partial charge in [-0.25, -0.2) is 0 Å². The van der Waals surface area contributed by atoms with E-state index in [4.69, 9.17) is 11.6 Å². The first-order valence-corrected chi connectivity index (χ1v) is 6.16. The van der Waals surface area contributed by atoms with E-state index in [9.17, 15) is 0 Å². The van der Waals surface area contributed by atoms with E-state index in [0.717, 1.165) is 5.02 Å². The highest BCUT2D eigenvalue weighted by Crippen LogP contribution is 2.35. The predicted octanol–water partition coefficient (Wildman–Crippen LogP) is 5.01. The Labute approximate surface area is 94.7 Å². The quantitative estimate of drug-likeness (QED) is 0.642. The van der Waals surface area contributed by atoms with Gasteiger partial charge in [-0.15, -0.1) is 11.3 Å². The smallest absolute Gasteiger partial charge is 0.0413 e. The van der Waals surface area contributed by atoms with Crippen molar-refractivity contribution in [2.75, 3.05) is 0 Å². The molecule has 2 rings (SSSR count). The molecular weight excluding hydrogens is 268 g/mol. The minimum Gasteiger partial charge on any atom is -0.143 e. The molecule has 0 aliphatic carbocycles. The van der Waals surface area contributed by atoms with Gasteiger partial charge in [0.15, 0.2) is 0 Å². The highest BCUT2D eigenvalue weighted by molar-refractivity contribution is 9.09. The van der Waals surface area contributed by atoms with Crippen LogP contribution in [0.1, 0.15) is 17.3 Å². The van der Waals surface area contributed by atoms with Crippen molar-refractivity contribution in [3.05, 3.63) is 34.2 Å². The van der Waals surface area contributed by atoms with Crippen LogP contribution in [-0.4, -0.2) is 0 Å². The second-order valence-corrected chi connectivity index (χ2v) is 5.67. The lowest BCUT2D eigenvalue weighted by molar-refractivity contribution is 1.15. The summed E-state index contributed by atoms with van der Waals surface area (Å²) in [5, 5.41) is 4.25. The minimum atomic E-state index is 0.389. The normalized spacial score (nSPS) is 13.5. The van der Waals surface area contributed by atoms with Crippen molar-refractivity contribution in [3.8, 4) is 0 Å². The van der Waals surface area contributed by atoms with Gasteiger partial charge in [-0.3, -0.25) is 0 Å². The molecule has 0 spiro atoms. The summed E-state index contributed by atoms with van der Waals surface area (Å²) >= 11 is 11.3. The van der Waals surface area contributed by atoms with Crippen LogP contribution in [0.4, 0.5) is 0 Å². The molecule has 0 N–H and O–H groups in total. The van der Waals surface area contributed by atoms with E-state index in [2.05, 4.69) is 34.3 Å². The summed E-state index contributed by atoms with van der Waals surface area (Å²) in [7, 11) is 0. The van der Waals surface area contributed by atoms with Gasteiger partial charge in [0.2, 0.25) is 0 Å². The zero-order valence-corrected chi connectivity index (χ0v) is 10.2. The fraction of sp³-hybridized carbons (Fsp3) is 0.200. The molecule has 1 aromatic heterocycles. The Hall–Kier alpha value is -0.0500. The Morgan fingerprint density at radius 1 is 1.46 bits per heavy atom. The maximum Gasteiger partial charge on any atom is 0.0413 e. The zero-order chi connectivity index (χ0) is 9.42. The monoisotopic (exact) mass is 274 g/mol. The number of fused-ring (bicyclic) bond motifs is 1. The van der Waals surface area contributed by atoms with E-state index < -0.39 is 0 Å². The van der Waals surface area contributed by atoms with Crippen LogP contribution in [0.15, 0.2) is 23.6 Å². The number of hydrogen-bond donors (Lipinski definition) is 0. The van der Waals surface area contributed by atoms with Crippen LogP contribution in [0.2, 0.25) is 5.02 Å². The molecule has 1 heterocycles. The van der Waals surface area contributed by atoms with Gasteiger partial charge >= 0.3 is 0 Å². The van der Waals surface area contributed by atoms with Gasteiger partial charge in [0.25, 0.3) is 0 Å². The third-order valence-electron chi connectivity index (χ3n) is 1.99. The van der Waals surface area contributed by atoms with Gasteiger partial charge in [0.1, 0.15) is 0 Å². The zero-order valence-electron chi connectivity index (χ0n) is 7.05. The van der Waals surface area contributed by atoms with Crippen molar-refractivity contribution >= 4 is 49.0 Å². The average molecular weight is 276 g/mol. The Morgan fingerprint density at radius 2 is 2.23 bits per heavy atom. The summed E-state index contributed by atoms with van der Waals surface area (Å²) in [5.41, 5.74) is 1.32. The second-order valence-electron chi connectivity index (χ2n) is 2.95. The highest BCUT2D eigenvalue weighted by Gasteiger charge is 2.08. The molecule has 1 atom stereocenters. The standard InChI is InChI=1S/C10H8BrClS/c1-6(11)9-5-13-10-3-2-7(12)4-8(9)10/h2-6H,1H3. The van der Waals surface area contributed by atoms with Crippen LogP contribution in [-0.2, 0) is 0 Å². The van der Waals surface area contributed by atoms with E-state index in [1.807, 2.05) is 12.1 Å². The second kappa shape index (κ2) is 3.60. The molecule has 0 amide bonds. The Kier molecular flexibility index (Phi) is 2.63. The highest BCUT2D eigenvalue weighted by atomic mass is 79.9. The molecule has 0 aliphatic heterocycles. The van der Waals surface area contributed by atoms with Crippen LogP contribution in [0.5, 0.6) is 0 Å². The maximum atomic E-state index is 5.94. The van der Waals surface area contributed by atoms with Crippen LogP contribution < -0.4 is 0 Å². The summed E-state index contributed by atoms with van der Waals surface area (Å²) in [6, 6.07) is 6.03. The summed E-state index contributed by atoms with van der Waals surface area (Å²) in [6.07, 6.45) is 0. The lowest BCUT2D eigenvalue weighted by Gasteiger charge is -2.00. The van der Waals surface area contributed by atoms with Crippen molar-refractivity contribution in [3.63, 3.8) is 0 Å². The van der Waals surface area contributed by atoms with Crippen molar-refractivity contribution in [2.45, 2.75) is 11.8 Å². The molecule has 68 valence electrons. The molecule has 0 fully saturated rings. The van der Waals surface area contributed by atoms with Gasteiger partial charge in [0, 0.05) is 14.5 Å². The Bertz CT molecular complexity index is 433. The van der Waals surface area contributed by atoms with Crippen molar-refractivity contribution in [2.24, 2.45) is 0 Å². The molecule has 0 radical (unpaired) electrons. The topological polar surface area (TPSA) is 0 Å². The minimum absolute atomic E-state index is 0.389. The maximum absolute atomic E-state index is 5.94. The fourth-order valence-corrected chi connectivity index (χ4v) is 3.09. The molecule has 0 saturated carbocycles. The fourth-order valence-electron chi connectivity index (χ4n) is 1.33. The molecule has 1 aromatic carbocycles. The SMILES string of the molecule is CC(Br)c1csc2ccc(Cl)cc12. The van der Waals surface area contributed by atoms with Gasteiger partial charge in [-0.1, -0.05) is 27.5 Å². The number of rotatable bonds is 1. The first-order valence-electron chi connectivity index (χ1n) is 3.99. The summed E-state index contributed by atoms with van der Waals surface area (Å²) in [6.45, 7) is 2.13.